The van der Waals surface area contributed by atoms with Gasteiger partial charge in [0.2, 0.25) is 5.91 Å². The molecule has 29 heavy (non-hydrogen) atoms. The van der Waals surface area contributed by atoms with Crippen molar-refractivity contribution in [3.05, 3.63) is 29.3 Å². The molecule has 9 heteroatoms. The van der Waals surface area contributed by atoms with Gasteiger partial charge in [0.15, 0.2) is 11.0 Å². The van der Waals surface area contributed by atoms with E-state index in [2.05, 4.69) is 22.4 Å². The molecule has 2 aromatic rings. The summed E-state index contributed by atoms with van der Waals surface area (Å²) in [6, 6.07) is 6.59. The van der Waals surface area contributed by atoms with Crippen LogP contribution in [-0.2, 0) is 11.3 Å². The van der Waals surface area contributed by atoms with E-state index in [1.807, 2.05) is 42.7 Å². The van der Waals surface area contributed by atoms with E-state index in [9.17, 15) is 9.59 Å². The second kappa shape index (κ2) is 11.2. The van der Waals surface area contributed by atoms with Gasteiger partial charge in [-0.3, -0.25) is 10.1 Å². The number of urea groups is 1. The number of halogens is 1. The molecular formula is C20H28ClN5O2S. The summed E-state index contributed by atoms with van der Waals surface area (Å²) in [6.07, 6.45) is 4.40. The summed E-state index contributed by atoms with van der Waals surface area (Å²) >= 11 is 7.31. The number of nitrogens with zero attached hydrogens (tertiary/aromatic N) is 3. The van der Waals surface area contributed by atoms with Gasteiger partial charge in [-0.05, 0) is 36.6 Å². The van der Waals surface area contributed by atoms with Crippen molar-refractivity contribution in [1.82, 2.24) is 20.1 Å². The summed E-state index contributed by atoms with van der Waals surface area (Å²) in [5, 5.41) is 11.7. The number of rotatable bonds is 10. The average molecular weight is 438 g/mol. The van der Waals surface area contributed by atoms with Gasteiger partial charge in [-0.25, -0.2) is 4.79 Å². The maximum absolute atomic E-state index is 12.4. The molecule has 1 atom stereocenters. The number of imide groups is 1. The van der Waals surface area contributed by atoms with E-state index in [0.717, 1.165) is 43.6 Å². The minimum Gasteiger partial charge on any atom is -0.351 e. The van der Waals surface area contributed by atoms with Crippen molar-refractivity contribution in [2.45, 2.75) is 63.4 Å². The number of thioether (sulfide) groups is 1. The number of unbranched alkanes of at least 4 members (excludes halogenated alkanes) is 3. The van der Waals surface area contributed by atoms with Crippen LogP contribution < -0.4 is 11.1 Å². The molecule has 0 spiro atoms. The first kappa shape index (κ1) is 23.2. The van der Waals surface area contributed by atoms with Crippen molar-refractivity contribution in [1.29, 1.82) is 0 Å². The molecule has 0 bridgehead atoms. The van der Waals surface area contributed by atoms with Crippen molar-refractivity contribution in [3.8, 4) is 11.4 Å². The quantitative estimate of drug-likeness (QED) is 0.421. The number of hydrogen-bond acceptors (Lipinski definition) is 5. The third kappa shape index (κ3) is 6.75. The Morgan fingerprint density at radius 3 is 2.45 bits per heavy atom. The normalized spacial score (nSPS) is 12.2. The predicted octanol–water partition coefficient (Wildman–Crippen LogP) is 4.49. The van der Waals surface area contributed by atoms with E-state index in [4.69, 9.17) is 17.3 Å². The Balaban J connectivity index is 2.32. The molecule has 0 aliphatic heterocycles. The van der Waals surface area contributed by atoms with Crippen LogP contribution >= 0.6 is 23.4 Å². The molecule has 2 rings (SSSR count). The van der Waals surface area contributed by atoms with E-state index >= 15 is 0 Å². The monoisotopic (exact) mass is 437 g/mol. The van der Waals surface area contributed by atoms with Crippen LogP contribution in [0.1, 0.15) is 46.5 Å². The Kier molecular flexibility index (Phi) is 8.98. The fourth-order valence-electron chi connectivity index (χ4n) is 2.89. The Labute approximate surface area is 180 Å². The molecule has 0 fully saturated rings. The lowest BCUT2D eigenvalue weighted by Crippen LogP contribution is -2.42. The van der Waals surface area contributed by atoms with Gasteiger partial charge in [0, 0.05) is 17.1 Å². The number of carbonyl (C=O) groups is 2. The zero-order valence-electron chi connectivity index (χ0n) is 17.0. The van der Waals surface area contributed by atoms with E-state index in [1.165, 1.54) is 11.8 Å². The predicted molar refractivity (Wildman–Crippen MR) is 117 cm³/mol. The zero-order chi connectivity index (χ0) is 21.4. The van der Waals surface area contributed by atoms with Crippen LogP contribution in [-0.4, -0.2) is 32.0 Å². The first-order valence-electron chi connectivity index (χ1n) is 9.79. The van der Waals surface area contributed by atoms with Crippen molar-refractivity contribution in [2.75, 3.05) is 0 Å². The van der Waals surface area contributed by atoms with E-state index in [0.29, 0.717) is 10.2 Å². The Morgan fingerprint density at radius 1 is 1.17 bits per heavy atom. The molecule has 1 aromatic heterocycles. The third-order valence-electron chi connectivity index (χ3n) is 4.40. The number of primary amides is 1. The summed E-state index contributed by atoms with van der Waals surface area (Å²) in [4.78, 5) is 23.5. The lowest BCUT2D eigenvalue weighted by Gasteiger charge is -2.19. The van der Waals surface area contributed by atoms with Crippen molar-refractivity contribution >= 4 is 35.3 Å². The molecule has 0 aliphatic rings. The highest BCUT2D eigenvalue weighted by Crippen LogP contribution is 2.31. The van der Waals surface area contributed by atoms with Gasteiger partial charge in [-0.2, -0.15) is 0 Å². The van der Waals surface area contributed by atoms with Gasteiger partial charge in [0.05, 0.1) is 5.25 Å². The maximum Gasteiger partial charge on any atom is 0.318 e. The summed E-state index contributed by atoms with van der Waals surface area (Å²) in [7, 11) is 0. The second-order valence-electron chi connectivity index (χ2n) is 7.16. The van der Waals surface area contributed by atoms with Gasteiger partial charge in [-0.1, -0.05) is 63.4 Å². The van der Waals surface area contributed by atoms with Gasteiger partial charge < -0.3 is 10.3 Å². The number of nitrogens with two attached hydrogens (primary N) is 1. The molecule has 0 saturated carbocycles. The third-order valence-corrected chi connectivity index (χ3v) is 6.17. The lowest BCUT2D eigenvalue weighted by atomic mass is 10.1. The molecule has 3 N–H and O–H groups in total. The molecule has 3 amide bonds. The summed E-state index contributed by atoms with van der Waals surface area (Å²) in [5.41, 5.74) is 6.03. The van der Waals surface area contributed by atoms with Crippen LogP contribution in [0, 0.1) is 5.92 Å². The highest BCUT2D eigenvalue weighted by atomic mass is 35.5. The van der Waals surface area contributed by atoms with Crippen LogP contribution in [0.4, 0.5) is 4.79 Å². The second-order valence-corrected chi connectivity index (χ2v) is 8.71. The van der Waals surface area contributed by atoms with Gasteiger partial charge in [-0.15, -0.1) is 10.2 Å². The summed E-state index contributed by atoms with van der Waals surface area (Å²) in [6.45, 7) is 6.75. The van der Waals surface area contributed by atoms with E-state index in [1.54, 1.807) is 0 Å². The lowest BCUT2D eigenvalue weighted by molar-refractivity contribution is -0.120. The number of hydrogen-bond donors (Lipinski definition) is 2. The first-order valence-corrected chi connectivity index (χ1v) is 11.0. The fraction of sp³-hybridized carbons (Fsp3) is 0.500. The largest absolute Gasteiger partial charge is 0.351 e. The van der Waals surface area contributed by atoms with Crippen LogP contribution in [0.5, 0.6) is 0 Å². The first-order chi connectivity index (χ1) is 13.8. The molecule has 7 nitrogen and oxygen atoms in total. The molecule has 0 aliphatic carbocycles. The summed E-state index contributed by atoms with van der Waals surface area (Å²) < 4.78 is 2.04. The molecule has 1 aromatic carbocycles. The zero-order valence-corrected chi connectivity index (χ0v) is 18.6. The average Bonchev–Trinajstić information content (AvgIpc) is 3.05. The topological polar surface area (TPSA) is 103 Å². The van der Waals surface area contributed by atoms with Crippen molar-refractivity contribution in [3.63, 3.8) is 0 Å². The highest BCUT2D eigenvalue weighted by molar-refractivity contribution is 8.00. The molecule has 0 radical (unpaired) electrons. The van der Waals surface area contributed by atoms with Crippen LogP contribution in [0.15, 0.2) is 29.4 Å². The minimum atomic E-state index is -0.857. The van der Waals surface area contributed by atoms with Gasteiger partial charge >= 0.3 is 6.03 Å². The SMILES string of the molecule is CCCCCCn1c(S[C@H](C(=O)NC(N)=O)C(C)C)nnc1-c1ccc(Cl)cc1. The van der Waals surface area contributed by atoms with E-state index < -0.39 is 17.2 Å². The Hall–Kier alpha value is -2.06. The van der Waals surface area contributed by atoms with Crippen LogP contribution in [0.2, 0.25) is 5.02 Å². The fourth-order valence-corrected chi connectivity index (χ4v) is 4.07. The van der Waals surface area contributed by atoms with Crippen molar-refractivity contribution < 1.29 is 9.59 Å². The maximum atomic E-state index is 12.4. The Bertz CT molecular complexity index is 823. The van der Waals surface area contributed by atoms with Crippen LogP contribution in [0.25, 0.3) is 11.4 Å². The number of aromatic nitrogens is 3. The molecule has 1 heterocycles. The minimum absolute atomic E-state index is 0.0245. The number of amides is 3. The number of nitrogens with one attached hydrogen (secondary N) is 1. The molecular weight excluding hydrogens is 410 g/mol. The number of carbonyl (C=O) groups excluding carboxylic acids is 2. The summed E-state index contributed by atoms with van der Waals surface area (Å²) in [5.74, 6) is 0.285. The standard InChI is InChI=1S/C20H28ClN5O2S/c1-4-5-6-7-12-26-17(14-8-10-15(21)11-9-14)24-25-20(26)29-16(13(2)3)18(27)23-19(22)28/h8-11,13,16H,4-7,12H2,1-3H3,(H3,22,23,27,28)/t16-/m0/s1. The molecule has 0 unspecified atom stereocenters. The van der Waals surface area contributed by atoms with Crippen molar-refractivity contribution in [2.24, 2.45) is 11.7 Å². The van der Waals surface area contributed by atoms with Crippen LogP contribution in [0.3, 0.4) is 0 Å². The number of benzene rings is 1. The van der Waals surface area contributed by atoms with Gasteiger partial charge in [0.25, 0.3) is 0 Å². The van der Waals surface area contributed by atoms with E-state index in [-0.39, 0.29) is 5.92 Å². The highest BCUT2D eigenvalue weighted by Gasteiger charge is 2.27. The smallest absolute Gasteiger partial charge is 0.318 e. The molecule has 0 saturated heterocycles. The molecule has 158 valence electrons. The Morgan fingerprint density at radius 2 is 1.86 bits per heavy atom. The van der Waals surface area contributed by atoms with Gasteiger partial charge in [0.1, 0.15) is 0 Å².